The highest BCUT2D eigenvalue weighted by molar-refractivity contribution is 5.74. The highest BCUT2D eigenvalue weighted by Gasteiger charge is 2.31. The van der Waals surface area contributed by atoms with Crippen LogP contribution in [0.15, 0.2) is 47.1 Å². The zero-order valence-electron chi connectivity index (χ0n) is 13.9. The fourth-order valence-electron chi connectivity index (χ4n) is 3.23. The number of urea groups is 1. The van der Waals surface area contributed by atoms with E-state index in [1.807, 2.05) is 6.07 Å². The number of likely N-dealkylation sites (tertiary alicyclic amines) is 1. The average Bonchev–Trinajstić information content (AvgIpc) is 3.31. The summed E-state index contributed by atoms with van der Waals surface area (Å²) in [5.41, 5.74) is 1.46. The van der Waals surface area contributed by atoms with Crippen molar-refractivity contribution in [3.8, 4) is 6.07 Å². The number of hydrogen-bond acceptors (Lipinski definition) is 4. The predicted octanol–water partition coefficient (Wildman–Crippen LogP) is 2.95. The van der Waals surface area contributed by atoms with Crippen molar-refractivity contribution in [3.63, 3.8) is 0 Å². The van der Waals surface area contributed by atoms with Gasteiger partial charge in [0.15, 0.2) is 0 Å². The first-order valence-electron chi connectivity index (χ1n) is 8.42. The quantitative estimate of drug-likeness (QED) is 0.876. The Morgan fingerprint density at radius 3 is 3.08 bits per heavy atom. The second-order valence-corrected chi connectivity index (χ2v) is 6.23. The molecule has 0 saturated carbocycles. The Hall–Kier alpha value is -2.78. The van der Waals surface area contributed by atoms with Crippen molar-refractivity contribution in [2.75, 3.05) is 6.54 Å². The zero-order valence-corrected chi connectivity index (χ0v) is 13.9. The van der Waals surface area contributed by atoms with Gasteiger partial charge in [-0.25, -0.2) is 4.79 Å². The second-order valence-electron chi connectivity index (χ2n) is 6.23. The second kappa shape index (κ2) is 7.86. The molecule has 1 saturated heterocycles. The van der Waals surface area contributed by atoms with Gasteiger partial charge in [0.05, 0.1) is 17.9 Å². The van der Waals surface area contributed by atoms with Crippen LogP contribution in [0, 0.1) is 11.3 Å². The highest BCUT2D eigenvalue weighted by Crippen LogP contribution is 2.27. The highest BCUT2D eigenvalue weighted by atomic mass is 16.4. The van der Waals surface area contributed by atoms with E-state index < -0.39 is 6.10 Å². The van der Waals surface area contributed by atoms with Gasteiger partial charge in [0.1, 0.15) is 11.9 Å². The molecule has 1 aromatic carbocycles. The summed E-state index contributed by atoms with van der Waals surface area (Å²) in [6.45, 7) is 1.05. The Balaban J connectivity index is 1.56. The third kappa shape index (κ3) is 4.20. The van der Waals surface area contributed by atoms with Gasteiger partial charge in [-0.05, 0) is 42.7 Å². The molecule has 2 N–H and O–H groups in total. The molecule has 2 heterocycles. The normalized spacial score (nSPS) is 17.9. The first-order valence-corrected chi connectivity index (χ1v) is 8.42. The molecule has 0 bridgehead atoms. The summed E-state index contributed by atoms with van der Waals surface area (Å²) in [6.07, 6.45) is 3.08. The minimum absolute atomic E-state index is 0.00876. The van der Waals surface area contributed by atoms with Gasteiger partial charge in [0.25, 0.3) is 0 Å². The number of carbonyl (C=O) groups excluding carboxylic acids is 1. The lowest BCUT2D eigenvalue weighted by Crippen LogP contribution is -2.43. The van der Waals surface area contributed by atoms with Crippen LogP contribution in [0.25, 0.3) is 0 Å². The molecule has 1 aliphatic rings. The van der Waals surface area contributed by atoms with Crippen LogP contribution in [0.2, 0.25) is 0 Å². The fourth-order valence-corrected chi connectivity index (χ4v) is 3.23. The third-order valence-corrected chi connectivity index (χ3v) is 4.50. The Morgan fingerprint density at radius 2 is 2.32 bits per heavy atom. The molecule has 0 spiro atoms. The van der Waals surface area contributed by atoms with Crippen LogP contribution in [0.4, 0.5) is 4.79 Å². The summed E-state index contributed by atoms with van der Waals surface area (Å²) >= 11 is 0. The van der Waals surface area contributed by atoms with Crippen molar-refractivity contribution in [2.45, 2.75) is 38.0 Å². The van der Waals surface area contributed by atoms with Crippen molar-refractivity contribution in [1.82, 2.24) is 10.2 Å². The van der Waals surface area contributed by atoms with Crippen molar-refractivity contribution < 1.29 is 14.3 Å². The maximum Gasteiger partial charge on any atom is 0.317 e. The lowest BCUT2D eigenvalue weighted by atomic mass is 10.1. The largest absolute Gasteiger partial charge is 0.467 e. The summed E-state index contributed by atoms with van der Waals surface area (Å²) in [6, 6.07) is 12.6. The molecule has 2 aromatic rings. The lowest BCUT2D eigenvalue weighted by Gasteiger charge is -2.26. The van der Waals surface area contributed by atoms with Crippen molar-refractivity contribution in [1.29, 1.82) is 5.26 Å². The topological polar surface area (TPSA) is 89.5 Å². The van der Waals surface area contributed by atoms with Crippen molar-refractivity contribution >= 4 is 6.03 Å². The zero-order chi connectivity index (χ0) is 17.6. The summed E-state index contributed by atoms with van der Waals surface area (Å²) in [5.74, 6) is 0.528. The molecule has 6 heteroatoms. The molecule has 0 aliphatic carbocycles. The van der Waals surface area contributed by atoms with Crippen molar-refractivity contribution in [2.24, 2.45) is 0 Å². The van der Waals surface area contributed by atoms with Gasteiger partial charge in [-0.1, -0.05) is 12.1 Å². The molecule has 2 unspecified atom stereocenters. The van der Waals surface area contributed by atoms with E-state index in [0.717, 1.165) is 18.4 Å². The molecule has 2 amide bonds. The van der Waals surface area contributed by atoms with E-state index in [2.05, 4.69) is 11.4 Å². The van der Waals surface area contributed by atoms with Gasteiger partial charge in [-0.15, -0.1) is 0 Å². The van der Waals surface area contributed by atoms with E-state index in [1.54, 1.807) is 35.2 Å². The van der Waals surface area contributed by atoms with E-state index in [-0.39, 0.29) is 12.1 Å². The van der Waals surface area contributed by atoms with E-state index in [1.165, 1.54) is 6.26 Å². The number of rotatable bonds is 5. The Bertz CT molecular complexity index is 752. The third-order valence-electron chi connectivity index (χ3n) is 4.50. The van der Waals surface area contributed by atoms with Gasteiger partial charge in [0.2, 0.25) is 0 Å². The van der Waals surface area contributed by atoms with E-state index in [9.17, 15) is 9.90 Å². The number of hydrogen-bond donors (Lipinski definition) is 2. The van der Waals surface area contributed by atoms with Crippen LogP contribution >= 0.6 is 0 Å². The smallest absolute Gasteiger partial charge is 0.317 e. The lowest BCUT2D eigenvalue weighted by molar-refractivity contribution is 0.108. The SMILES string of the molecule is N#Cc1cccc(CNC(=O)N2CCCC2CC(O)c2ccco2)c1. The molecule has 25 heavy (non-hydrogen) atoms. The minimum atomic E-state index is -0.708. The van der Waals surface area contributed by atoms with Crippen LogP contribution in [0.1, 0.15) is 42.3 Å². The Morgan fingerprint density at radius 1 is 1.44 bits per heavy atom. The minimum Gasteiger partial charge on any atom is -0.467 e. The maximum atomic E-state index is 12.5. The van der Waals surface area contributed by atoms with Crippen molar-refractivity contribution in [3.05, 3.63) is 59.5 Å². The van der Waals surface area contributed by atoms with Gasteiger partial charge in [0, 0.05) is 25.6 Å². The monoisotopic (exact) mass is 339 g/mol. The molecule has 1 fully saturated rings. The maximum absolute atomic E-state index is 12.5. The number of carbonyl (C=O) groups is 1. The first-order chi connectivity index (χ1) is 12.2. The summed E-state index contributed by atoms with van der Waals surface area (Å²) in [5, 5.41) is 22.1. The molecule has 1 aliphatic heterocycles. The number of furan rings is 1. The van der Waals surface area contributed by atoms with Crippen LogP contribution < -0.4 is 5.32 Å². The molecular weight excluding hydrogens is 318 g/mol. The molecule has 0 radical (unpaired) electrons. The standard InChI is InChI=1S/C19H21N3O3/c20-12-14-4-1-5-15(10-14)13-21-19(24)22-8-2-6-16(22)11-17(23)18-7-3-9-25-18/h1,3-5,7,9-10,16-17,23H,2,6,8,11,13H2,(H,21,24). The van der Waals surface area contributed by atoms with Crippen LogP contribution in [0.5, 0.6) is 0 Å². The number of aliphatic hydroxyl groups excluding tert-OH is 1. The molecule has 130 valence electrons. The van der Waals surface area contributed by atoms with E-state index >= 15 is 0 Å². The summed E-state index contributed by atoms with van der Waals surface area (Å²) < 4.78 is 5.23. The van der Waals surface area contributed by atoms with Gasteiger partial charge >= 0.3 is 6.03 Å². The molecule has 1 aromatic heterocycles. The number of aliphatic hydroxyl groups is 1. The van der Waals surface area contributed by atoms with Crippen LogP contribution in [-0.4, -0.2) is 28.6 Å². The van der Waals surface area contributed by atoms with Crippen LogP contribution in [-0.2, 0) is 6.54 Å². The molecular formula is C19H21N3O3. The molecule has 2 atom stereocenters. The van der Waals surface area contributed by atoms with E-state index in [4.69, 9.17) is 9.68 Å². The average molecular weight is 339 g/mol. The van der Waals surface area contributed by atoms with Gasteiger partial charge in [-0.3, -0.25) is 0 Å². The van der Waals surface area contributed by atoms with E-state index in [0.29, 0.717) is 30.8 Å². The van der Waals surface area contributed by atoms with Gasteiger partial charge in [-0.2, -0.15) is 5.26 Å². The number of benzene rings is 1. The summed E-state index contributed by atoms with van der Waals surface area (Å²) in [7, 11) is 0. The number of nitriles is 1. The Kier molecular flexibility index (Phi) is 5.36. The predicted molar refractivity (Wildman–Crippen MR) is 91.4 cm³/mol. The van der Waals surface area contributed by atoms with Gasteiger partial charge < -0.3 is 19.7 Å². The molecule has 3 rings (SSSR count). The summed E-state index contributed by atoms with van der Waals surface area (Å²) in [4.78, 5) is 14.3. The number of nitrogens with zero attached hydrogens (tertiary/aromatic N) is 2. The number of nitrogens with one attached hydrogen (secondary N) is 1. The van der Waals surface area contributed by atoms with Crippen LogP contribution in [0.3, 0.4) is 0 Å². The molecule has 6 nitrogen and oxygen atoms in total. The fraction of sp³-hybridized carbons (Fsp3) is 0.368. The Labute approximate surface area is 146 Å². The number of amides is 2. The first kappa shape index (κ1) is 17.1.